The fraction of sp³-hybridized carbons (Fsp3) is 0.118. The van der Waals surface area contributed by atoms with Gasteiger partial charge < -0.3 is 4.52 Å². The maximum absolute atomic E-state index is 13.1. The Bertz CT molecular complexity index is 922. The van der Waals surface area contributed by atoms with Crippen molar-refractivity contribution in [3.63, 3.8) is 0 Å². The predicted molar refractivity (Wildman–Crippen MR) is 87.5 cm³/mol. The molecule has 0 saturated carbocycles. The van der Waals surface area contributed by atoms with Crippen molar-refractivity contribution in [3.8, 4) is 0 Å². The molecule has 24 heavy (non-hydrogen) atoms. The lowest BCUT2D eigenvalue weighted by Crippen LogP contribution is -2.30. The van der Waals surface area contributed by atoms with Gasteiger partial charge in [-0.1, -0.05) is 23.4 Å². The monoisotopic (exact) mass is 346 g/mol. The van der Waals surface area contributed by atoms with E-state index in [1.54, 1.807) is 43.3 Å². The standard InChI is InChI=1S/C17H15FN2O3S/c1-13-11-16(23-19-13)12-20(15-5-3-2-4-6-15)24(21,22)17-9-7-14(18)8-10-17/h2-11H,12H2,1H3. The molecule has 0 atom stereocenters. The Balaban J connectivity index is 2.05. The lowest BCUT2D eigenvalue weighted by atomic mass is 10.3. The summed E-state index contributed by atoms with van der Waals surface area (Å²) in [6.07, 6.45) is 0. The summed E-state index contributed by atoms with van der Waals surface area (Å²) in [6, 6.07) is 15.1. The fourth-order valence-electron chi connectivity index (χ4n) is 2.28. The quantitative estimate of drug-likeness (QED) is 0.709. The van der Waals surface area contributed by atoms with Crippen LogP contribution in [0.15, 0.2) is 70.1 Å². The molecule has 0 saturated heterocycles. The van der Waals surface area contributed by atoms with E-state index in [1.165, 1.54) is 16.4 Å². The van der Waals surface area contributed by atoms with Gasteiger partial charge in [-0.2, -0.15) is 0 Å². The topological polar surface area (TPSA) is 63.4 Å². The van der Waals surface area contributed by atoms with Crippen LogP contribution in [-0.4, -0.2) is 13.6 Å². The maximum atomic E-state index is 13.1. The van der Waals surface area contributed by atoms with Crippen LogP contribution in [0.5, 0.6) is 0 Å². The van der Waals surface area contributed by atoms with E-state index in [0.29, 0.717) is 17.1 Å². The van der Waals surface area contributed by atoms with Crippen molar-refractivity contribution in [2.75, 3.05) is 4.31 Å². The largest absolute Gasteiger partial charge is 0.359 e. The molecule has 1 heterocycles. The van der Waals surface area contributed by atoms with Crippen LogP contribution >= 0.6 is 0 Å². The van der Waals surface area contributed by atoms with Gasteiger partial charge in [0.05, 0.1) is 22.8 Å². The van der Waals surface area contributed by atoms with Gasteiger partial charge in [0.2, 0.25) is 0 Å². The van der Waals surface area contributed by atoms with Crippen molar-refractivity contribution >= 4 is 15.7 Å². The number of aromatic nitrogens is 1. The molecule has 3 rings (SSSR count). The summed E-state index contributed by atoms with van der Waals surface area (Å²) in [7, 11) is -3.88. The lowest BCUT2D eigenvalue weighted by molar-refractivity contribution is 0.381. The van der Waals surface area contributed by atoms with Gasteiger partial charge in [0, 0.05) is 6.07 Å². The summed E-state index contributed by atoms with van der Waals surface area (Å²) >= 11 is 0. The number of halogens is 1. The van der Waals surface area contributed by atoms with E-state index >= 15 is 0 Å². The molecule has 0 fully saturated rings. The van der Waals surface area contributed by atoms with Crippen LogP contribution in [0.3, 0.4) is 0 Å². The van der Waals surface area contributed by atoms with Crippen LogP contribution in [0.1, 0.15) is 11.5 Å². The molecule has 0 amide bonds. The van der Waals surface area contributed by atoms with Crippen LogP contribution in [0.25, 0.3) is 0 Å². The minimum atomic E-state index is -3.88. The molecule has 5 nitrogen and oxygen atoms in total. The zero-order chi connectivity index (χ0) is 17.2. The van der Waals surface area contributed by atoms with E-state index in [4.69, 9.17) is 4.52 Å². The number of sulfonamides is 1. The summed E-state index contributed by atoms with van der Waals surface area (Å²) in [4.78, 5) is 0.00369. The molecule has 2 aromatic carbocycles. The van der Waals surface area contributed by atoms with Crippen molar-refractivity contribution in [1.82, 2.24) is 5.16 Å². The Morgan fingerprint density at radius 3 is 2.33 bits per heavy atom. The van der Waals surface area contributed by atoms with Gasteiger partial charge in [0.15, 0.2) is 5.76 Å². The zero-order valence-corrected chi connectivity index (χ0v) is 13.7. The molecule has 0 aliphatic rings. The summed E-state index contributed by atoms with van der Waals surface area (Å²) in [6.45, 7) is 1.75. The van der Waals surface area contributed by atoms with Crippen molar-refractivity contribution in [3.05, 3.63) is 77.9 Å². The number of aryl methyl sites for hydroxylation is 1. The Morgan fingerprint density at radius 1 is 1.08 bits per heavy atom. The van der Waals surface area contributed by atoms with Gasteiger partial charge in [-0.05, 0) is 43.3 Å². The molecule has 0 spiro atoms. The SMILES string of the molecule is Cc1cc(CN(c2ccccc2)S(=O)(=O)c2ccc(F)cc2)on1. The van der Waals surface area contributed by atoms with Gasteiger partial charge in [0.1, 0.15) is 5.82 Å². The highest BCUT2D eigenvalue weighted by Gasteiger charge is 2.26. The van der Waals surface area contributed by atoms with Gasteiger partial charge in [-0.25, -0.2) is 12.8 Å². The van der Waals surface area contributed by atoms with E-state index < -0.39 is 15.8 Å². The van der Waals surface area contributed by atoms with Crippen molar-refractivity contribution in [1.29, 1.82) is 0 Å². The number of para-hydroxylation sites is 1. The normalized spacial score (nSPS) is 11.4. The molecule has 0 N–H and O–H groups in total. The van der Waals surface area contributed by atoms with E-state index in [1.807, 2.05) is 0 Å². The third-order valence-corrected chi connectivity index (χ3v) is 5.21. The first-order chi connectivity index (χ1) is 11.5. The fourth-order valence-corrected chi connectivity index (χ4v) is 3.71. The van der Waals surface area contributed by atoms with E-state index in [2.05, 4.69) is 5.16 Å². The highest BCUT2D eigenvalue weighted by atomic mass is 32.2. The van der Waals surface area contributed by atoms with E-state index in [0.717, 1.165) is 12.1 Å². The summed E-state index contributed by atoms with van der Waals surface area (Å²) in [5.74, 6) is -0.0758. The summed E-state index contributed by atoms with van der Waals surface area (Å²) in [5.41, 5.74) is 1.15. The van der Waals surface area contributed by atoms with Gasteiger partial charge in [0.25, 0.3) is 10.0 Å². The number of hydrogen-bond donors (Lipinski definition) is 0. The Kier molecular flexibility index (Phi) is 4.35. The Hall–Kier alpha value is -2.67. The molecular weight excluding hydrogens is 331 g/mol. The number of nitrogens with zero attached hydrogens (tertiary/aromatic N) is 2. The molecule has 0 unspecified atom stereocenters. The highest BCUT2D eigenvalue weighted by molar-refractivity contribution is 7.92. The minimum absolute atomic E-state index is 0.00369. The maximum Gasteiger partial charge on any atom is 0.264 e. The second kappa shape index (κ2) is 6.45. The molecule has 0 aliphatic carbocycles. The van der Waals surface area contributed by atoms with E-state index in [9.17, 15) is 12.8 Å². The van der Waals surface area contributed by atoms with Crippen LogP contribution in [0.4, 0.5) is 10.1 Å². The molecule has 7 heteroatoms. The van der Waals surface area contributed by atoms with Crippen molar-refractivity contribution in [2.24, 2.45) is 0 Å². The first kappa shape index (κ1) is 16.2. The molecule has 0 bridgehead atoms. The number of rotatable bonds is 5. The van der Waals surface area contributed by atoms with E-state index in [-0.39, 0.29) is 11.4 Å². The molecule has 0 radical (unpaired) electrons. The van der Waals surface area contributed by atoms with Crippen LogP contribution in [0.2, 0.25) is 0 Å². The highest BCUT2D eigenvalue weighted by Crippen LogP contribution is 2.26. The average molecular weight is 346 g/mol. The van der Waals surface area contributed by atoms with Gasteiger partial charge >= 0.3 is 0 Å². The Morgan fingerprint density at radius 2 is 1.75 bits per heavy atom. The molecular formula is C17H15FN2O3S. The van der Waals surface area contributed by atoms with Crippen LogP contribution < -0.4 is 4.31 Å². The van der Waals surface area contributed by atoms with Crippen LogP contribution in [0, 0.1) is 12.7 Å². The second-order valence-electron chi connectivity index (χ2n) is 5.24. The van der Waals surface area contributed by atoms with Gasteiger partial charge in [-0.3, -0.25) is 4.31 Å². The number of anilines is 1. The number of hydrogen-bond acceptors (Lipinski definition) is 4. The molecule has 124 valence electrons. The average Bonchev–Trinajstić information content (AvgIpc) is 2.99. The van der Waals surface area contributed by atoms with Crippen molar-refractivity contribution in [2.45, 2.75) is 18.4 Å². The molecule has 3 aromatic rings. The Labute approximate surface area is 139 Å². The number of benzene rings is 2. The lowest BCUT2D eigenvalue weighted by Gasteiger charge is -2.23. The van der Waals surface area contributed by atoms with Crippen molar-refractivity contribution < 1.29 is 17.3 Å². The van der Waals surface area contributed by atoms with Gasteiger partial charge in [-0.15, -0.1) is 0 Å². The molecule has 0 aliphatic heterocycles. The summed E-state index contributed by atoms with van der Waals surface area (Å²) in [5, 5.41) is 3.78. The summed E-state index contributed by atoms with van der Waals surface area (Å²) < 4.78 is 45.5. The minimum Gasteiger partial charge on any atom is -0.359 e. The first-order valence-corrected chi connectivity index (χ1v) is 8.66. The third-order valence-electron chi connectivity index (χ3n) is 3.42. The second-order valence-corrected chi connectivity index (χ2v) is 7.10. The van der Waals surface area contributed by atoms with Crippen LogP contribution in [-0.2, 0) is 16.6 Å². The smallest absolute Gasteiger partial charge is 0.264 e. The first-order valence-electron chi connectivity index (χ1n) is 7.22. The predicted octanol–water partition coefficient (Wildman–Crippen LogP) is 3.52. The zero-order valence-electron chi connectivity index (χ0n) is 12.9. The molecule has 1 aromatic heterocycles. The third kappa shape index (κ3) is 3.30.